The third-order valence-electron chi connectivity index (χ3n) is 2.86. The molecule has 1 heterocycles. The minimum atomic E-state index is -0.815. The summed E-state index contributed by atoms with van der Waals surface area (Å²) in [5, 5.41) is 0. The van der Waals surface area contributed by atoms with Gasteiger partial charge in [0.2, 0.25) is 0 Å². The highest BCUT2D eigenvalue weighted by molar-refractivity contribution is 9.11. The Morgan fingerprint density at radius 1 is 1.45 bits per heavy atom. The first kappa shape index (κ1) is 19.1. The van der Waals surface area contributed by atoms with Crippen molar-refractivity contribution in [3.05, 3.63) is 20.3 Å². The maximum Gasteiger partial charge on any atom is 0.509 e. The van der Waals surface area contributed by atoms with Crippen molar-refractivity contribution in [3.63, 3.8) is 0 Å². The summed E-state index contributed by atoms with van der Waals surface area (Å²) in [5.74, 6) is 6.00. The summed E-state index contributed by atoms with van der Waals surface area (Å²) < 4.78 is 11.5. The molecule has 5 heteroatoms. The summed E-state index contributed by atoms with van der Waals surface area (Å²) in [4.78, 5) is 12.9. The van der Waals surface area contributed by atoms with E-state index in [1.165, 1.54) is 4.88 Å². The highest BCUT2D eigenvalue weighted by Crippen LogP contribution is 2.27. The van der Waals surface area contributed by atoms with E-state index in [-0.39, 0.29) is 0 Å². The van der Waals surface area contributed by atoms with Crippen molar-refractivity contribution in [2.24, 2.45) is 0 Å². The second-order valence-corrected chi connectivity index (χ2v) is 8.10. The summed E-state index contributed by atoms with van der Waals surface area (Å²) >= 11 is 5.18. The van der Waals surface area contributed by atoms with Crippen molar-refractivity contribution in [2.75, 3.05) is 6.61 Å². The van der Waals surface area contributed by atoms with Crippen molar-refractivity contribution in [2.45, 2.75) is 59.0 Å². The van der Waals surface area contributed by atoms with Gasteiger partial charge in [-0.2, -0.15) is 0 Å². The van der Waals surface area contributed by atoms with Crippen LogP contribution in [0.4, 0.5) is 4.79 Å². The van der Waals surface area contributed by atoms with Gasteiger partial charge in [0.05, 0.1) is 10.4 Å². The quantitative estimate of drug-likeness (QED) is 0.368. The highest BCUT2D eigenvalue weighted by atomic mass is 79.9. The van der Waals surface area contributed by atoms with Crippen LogP contribution in [0.5, 0.6) is 0 Å². The number of thiophene rings is 1. The van der Waals surface area contributed by atoms with Crippen LogP contribution in [-0.2, 0) is 15.9 Å². The fourth-order valence-electron chi connectivity index (χ4n) is 1.76. The van der Waals surface area contributed by atoms with Gasteiger partial charge in [0.15, 0.2) is 5.60 Å². The number of aryl methyl sites for hydroxylation is 1. The molecule has 0 N–H and O–H groups in total. The molecule has 0 aliphatic carbocycles. The van der Waals surface area contributed by atoms with Gasteiger partial charge in [-0.15, -0.1) is 11.3 Å². The van der Waals surface area contributed by atoms with Crippen molar-refractivity contribution in [1.82, 2.24) is 0 Å². The van der Waals surface area contributed by atoms with Crippen molar-refractivity contribution in [3.8, 4) is 11.8 Å². The Labute approximate surface area is 145 Å². The Morgan fingerprint density at radius 2 is 2.18 bits per heavy atom. The highest BCUT2D eigenvalue weighted by Gasteiger charge is 2.21. The number of rotatable bonds is 6. The second-order valence-electron chi connectivity index (χ2n) is 5.52. The van der Waals surface area contributed by atoms with Crippen LogP contribution >= 0.6 is 27.3 Å². The molecule has 0 aromatic carbocycles. The molecular formula is C17H23BrO3S. The number of hydrogen-bond acceptors (Lipinski definition) is 4. The van der Waals surface area contributed by atoms with Crippen LogP contribution in [0, 0.1) is 18.8 Å². The largest absolute Gasteiger partial charge is 0.509 e. The lowest BCUT2D eigenvalue weighted by molar-refractivity contribution is 0.0104. The number of halogens is 1. The van der Waals surface area contributed by atoms with Crippen molar-refractivity contribution in [1.29, 1.82) is 0 Å². The fraction of sp³-hybridized carbons (Fsp3) is 0.588. The van der Waals surface area contributed by atoms with E-state index < -0.39 is 11.8 Å². The first-order valence-corrected chi connectivity index (χ1v) is 9.05. The van der Waals surface area contributed by atoms with Crippen LogP contribution in [0.2, 0.25) is 0 Å². The monoisotopic (exact) mass is 386 g/mol. The van der Waals surface area contributed by atoms with Crippen molar-refractivity contribution < 1.29 is 14.3 Å². The molecule has 22 heavy (non-hydrogen) atoms. The van der Waals surface area contributed by atoms with E-state index in [1.54, 1.807) is 25.2 Å². The van der Waals surface area contributed by atoms with Gasteiger partial charge >= 0.3 is 6.16 Å². The zero-order valence-corrected chi connectivity index (χ0v) is 16.0. The molecule has 0 saturated heterocycles. The molecule has 0 amide bonds. The zero-order valence-electron chi connectivity index (χ0n) is 13.6. The van der Waals surface area contributed by atoms with Gasteiger partial charge in [-0.1, -0.05) is 25.2 Å². The molecule has 0 radical (unpaired) electrons. The second kappa shape index (κ2) is 9.22. The molecule has 0 aliphatic rings. The molecule has 0 fully saturated rings. The summed E-state index contributed by atoms with van der Waals surface area (Å²) in [5.41, 5.74) is 0.332. The molecule has 3 nitrogen and oxygen atoms in total. The Morgan fingerprint density at radius 3 is 2.77 bits per heavy atom. The van der Waals surface area contributed by atoms with Gasteiger partial charge in [0.25, 0.3) is 0 Å². The molecular weight excluding hydrogens is 364 g/mol. The lowest BCUT2D eigenvalue weighted by atomic mass is 10.1. The van der Waals surface area contributed by atoms with E-state index >= 15 is 0 Å². The molecule has 122 valence electrons. The summed E-state index contributed by atoms with van der Waals surface area (Å²) in [6, 6.07) is 2.09. The van der Waals surface area contributed by atoms with Crippen LogP contribution in [0.15, 0.2) is 9.85 Å². The normalized spacial score (nSPS) is 10.8. The third kappa shape index (κ3) is 7.33. The molecule has 0 bridgehead atoms. The van der Waals surface area contributed by atoms with E-state index in [9.17, 15) is 4.79 Å². The average molecular weight is 387 g/mol. The molecule has 1 aromatic heterocycles. The summed E-state index contributed by atoms with van der Waals surface area (Å²) in [6.45, 7) is 8.01. The number of hydrogen-bond donors (Lipinski definition) is 0. The van der Waals surface area contributed by atoms with E-state index in [1.807, 2.05) is 6.92 Å². The lowest BCUT2D eigenvalue weighted by Gasteiger charge is -2.18. The van der Waals surface area contributed by atoms with E-state index in [4.69, 9.17) is 9.47 Å². The Bertz CT molecular complexity index is 552. The lowest BCUT2D eigenvalue weighted by Crippen LogP contribution is -2.27. The van der Waals surface area contributed by atoms with Gasteiger partial charge in [0, 0.05) is 17.7 Å². The van der Waals surface area contributed by atoms with Crippen LogP contribution < -0.4 is 0 Å². The Balaban J connectivity index is 2.35. The molecule has 0 saturated carbocycles. The SMILES string of the molecule is CCCCC#CC(C)(C)OC(=O)OCCc1cc(C)sc1Br. The van der Waals surface area contributed by atoms with Crippen molar-refractivity contribution >= 4 is 33.4 Å². The van der Waals surface area contributed by atoms with Gasteiger partial charge in [-0.3, -0.25) is 0 Å². The van der Waals surface area contributed by atoms with Crippen LogP contribution in [0.3, 0.4) is 0 Å². The molecule has 0 spiro atoms. The smallest absolute Gasteiger partial charge is 0.434 e. The molecule has 0 aliphatic heterocycles. The number of carbonyl (C=O) groups excluding carboxylic acids is 1. The van der Waals surface area contributed by atoms with Gasteiger partial charge in [-0.05, 0) is 54.8 Å². The Kier molecular flexibility index (Phi) is 7.98. The van der Waals surface area contributed by atoms with Gasteiger partial charge in [0.1, 0.15) is 0 Å². The van der Waals surface area contributed by atoms with Gasteiger partial charge < -0.3 is 9.47 Å². The zero-order chi connectivity index (χ0) is 16.6. The number of ether oxygens (including phenoxy) is 2. The third-order valence-corrected chi connectivity index (χ3v) is 4.73. The first-order chi connectivity index (χ1) is 10.3. The standard InChI is InChI=1S/C17H23BrO3S/c1-5-6-7-8-10-17(3,4)21-16(19)20-11-9-14-12-13(2)22-15(14)18/h12H,5-7,9,11H2,1-4H3. The Hall–Kier alpha value is -0.990. The molecule has 0 unspecified atom stereocenters. The van der Waals surface area contributed by atoms with E-state index in [0.29, 0.717) is 13.0 Å². The number of unbranched alkanes of at least 4 members (excludes halogenated alkanes) is 2. The average Bonchev–Trinajstić information content (AvgIpc) is 2.72. The molecule has 0 atom stereocenters. The van der Waals surface area contributed by atoms with Crippen LogP contribution in [0.25, 0.3) is 0 Å². The predicted molar refractivity (Wildman–Crippen MR) is 94.3 cm³/mol. The van der Waals surface area contributed by atoms with Gasteiger partial charge in [-0.25, -0.2) is 4.79 Å². The molecule has 1 aromatic rings. The topological polar surface area (TPSA) is 35.5 Å². The maximum atomic E-state index is 11.7. The fourth-order valence-corrected chi connectivity index (χ4v) is 3.61. The van der Waals surface area contributed by atoms with E-state index in [0.717, 1.165) is 28.6 Å². The molecule has 1 rings (SSSR count). The number of carbonyl (C=O) groups is 1. The van der Waals surface area contributed by atoms with E-state index in [2.05, 4.69) is 40.8 Å². The summed E-state index contributed by atoms with van der Waals surface area (Å²) in [6.07, 6.45) is 2.99. The predicted octanol–water partition coefficient (Wildman–Crippen LogP) is 5.49. The minimum absolute atomic E-state index is 0.299. The summed E-state index contributed by atoms with van der Waals surface area (Å²) in [7, 11) is 0. The van der Waals surface area contributed by atoms with Crippen LogP contribution in [-0.4, -0.2) is 18.4 Å². The maximum absolute atomic E-state index is 11.7. The van der Waals surface area contributed by atoms with Crippen LogP contribution in [0.1, 0.15) is 50.5 Å². The first-order valence-electron chi connectivity index (χ1n) is 7.44. The minimum Gasteiger partial charge on any atom is -0.434 e.